The largest absolute Gasteiger partial charge is 0.505 e. The number of fused-ring (bicyclic) bond motifs is 1. The van der Waals surface area contributed by atoms with Crippen LogP contribution in [0.2, 0.25) is 0 Å². The Morgan fingerprint density at radius 2 is 1.76 bits per heavy atom. The molecule has 0 bridgehead atoms. The van der Waals surface area contributed by atoms with E-state index in [0.29, 0.717) is 29.9 Å². The Kier molecular flexibility index (Phi) is 5.14. The fraction of sp³-hybridized carbons (Fsp3) is 0.333. The van der Waals surface area contributed by atoms with Gasteiger partial charge < -0.3 is 10.0 Å². The fourth-order valence-electron chi connectivity index (χ4n) is 3.72. The molecule has 1 atom stereocenters. The van der Waals surface area contributed by atoms with Crippen molar-refractivity contribution in [1.29, 1.82) is 0 Å². The molecule has 1 fully saturated rings. The second-order valence-electron chi connectivity index (χ2n) is 7.29. The number of alkyl halides is 3. The van der Waals surface area contributed by atoms with Gasteiger partial charge in [-0.2, -0.15) is 13.2 Å². The normalized spacial score (nSPS) is 17.5. The highest BCUT2D eigenvalue weighted by Gasteiger charge is 2.33. The second kappa shape index (κ2) is 7.61. The predicted molar refractivity (Wildman–Crippen MR) is 104 cm³/mol. The van der Waals surface area contributed by atoms with Gasteiger partial charge in [-0.1, -0.05) is 18.2 Å². The van der Waals surface area contributed by atoms with Crippen molar-refractivity contribution in [3.05, 3.63) is 65.6 Å². The van der Waals surface area contributed by atoms with Crippen LogP contribution in [0.3, 0.4) is 0 Å². The summed E-state index contributed by atoms with van der Waals surface area (Å²) in [5.74, 6) is 0.0359. The van der Waals surface area contributed by atoms with Crippen LogP contribution in [-0.4, -0.2) is 58.1 Å². The van der Waals surface area contributed by atoms with Crippen molar-refractivity contribution in [2.24, 2.45) is 0 Å². The van der Waals surface area contributed by atoms with E-state index in [1.807, 2.05) is 25.2 Å². The van der Waals surface area contributed by atoms with Crippen LogP contribution in [-0.2, 0) is 6.18 Å². The fourth-order valence-corrected chi connectivity index (χ4v) is 3.72. The number of aromatic nitrogens is 2. The lowest BCUT2D eigenvalue weighted by Crippen LogP contribution is -2.46. The highest BCUT2D eigenvalue weighted by molar-refractivity contribution is 5.85. The molecule has 1 unspecified atom stereocenters. The number of halogens is 3. The monoisotopic (exact) mass is 402 g/mol. The Balaban J connectivity index is 1.80. The van der Waals surface area contributed by atoms with Gasteiger partial charge in [0, 0.05) is 49.5 Å². The molecule has 3 heterocycles. The number of pyridine rings is 2. The van der Waals surface area contributed by atoms with Gasteiger partial charge in [-0.15, -0.1) is 0 Å². The standard InChI is InChI=1S/C21H21F3N4O/c1-27-9-11-28(12-10-27)19(17-7-5-15(13-26-17)21(22,23)24)16-6-4-14-3-2-8-25-18(14)20(16)29/h2-8,13,19,29H,9-12H2,1H3. The summed E-state index contributed by atoms with van der Waals surface area (Å²) in [5, 5.41) is 11.7. The van der Waals surface area contributed by atoms with E-state index in [1.54, 1.807) is 12.3 Å². The molecule has 0 aliphatic carbocycles. The third-order valence-corrected chi connectivity index (χ3v) is 5.37. The number of benzene rings is 1. The van der Waals surface area contributed by atoms with Crippen LogP contribution in [0.1, 0.15) is 22.9 Å². The van der Waals surface area contributed by atoms with Crippen molar-refractivity contribution in [3.8, 4) is 5.75 Å². The van der Waals surface area contributed by atoms with Crippen molar-refractivity contribution in [2.75, 3.05) is 33.2 Å². The van der Waals surface area contributed by atoms with E-state index in [0.717, 1.165) is 30.7 Å². The van der Waals surface area contributed by atoms with Crippen LogP contribution in [0, 0.1) is 0 Å². The van der Waals surface area contributed by atoms with Crippen LogP contribution in [0.4, 0.5) is 13.2 Å². The first kappa shape index (κ1) is 19.6. The summed E-state index contributed by atoms with van der Waals surface area (Å²) >= 11 is 0. The molecule has 152 valence electrons. The molecule has 1 N–H and O–H groups in total. The smallest absolute Gasteiger partial charge is 0.417 e. The van der Waals surface area contributed by atoms with E-state index in [2.05, 4.69) is 19.8 Å². The molecule has 5 nitrogen and oxygen atoms in total. The molecule has 0 spiro atoms. The molecule has 1 aliphatic rings. The van der Waals surface area contributed by atoms with Crippen LogP contribution in [0.15, 0.2) is 48.8 Å². The number of phenolic OH excluding ortho intramolecular Hbond substituents is 1. The van der Waals surface area contributed by atoms with Crippen LogP contribution < -0.4 is 0 Å². The van der Waals surface area contributed by atoms with Crippen molar-refractivity contribution < 1.29 is 18.3 Å². The van der Waals surface area contributed by atoms with Crippen molar-refractivity contribution in [2.45, 2.75) is 12.2 Å². The predicted octanol–water partition coefficient (Wildman–Crippen LogP) is 3.69. The summed E-state index contributed by atoms with van der Waals surface area (Å²) in [5.41, 5.74) is 0.736. The maximum Gasteiger partial charge on any atom is 0.417 e. The summed E-state index contributed by atoms with van der Waals surface area (Å²) < 4.78 is 38.9. The maximum absolute atomic E-state index is 13.0. The van der Waals surface area contributed by atoms with E-state index in [1.165, 1.54) is 6.07 Å². The van der Waals surface area contributed by atoms with Gasteiger partial charge in [0.1, 0.15) is 11.3 Å². The lowest BCUT2D eigenvalue weighted by atomic mass is 9.97. The molecule has 4 rings (SSSR count). The van der Waals surface area contributed by atoms with Gasteiger partial charge in [0.05, 0.1) is 17.3 Å². The molecule has 3 aromatic rings. The van der Waals surface area contributed by atoms with Gasteiger partial charge in [0.2, 0.25) is 0 Å². The average Bonchev–Trinajstić information content (AvgIpc) is 2.71. The number of nitrogens with zero attached hydrogens (tertiary/aromatic N) is 4. The number of hydrogen-bond acceptors (Lipinski definition) is 5. The van der Waals surface area contributed by atoms with E-state index in [9.17, 15) is 18.3 Å². The van der Waals surface area contributed by atoms with Crippen LogP contribution in [0.25, 0.3) is 10.9 Å². The van der Waals surface area contributed by atoms with Gasteiger partial charge in [-0.05, 0) is 25.2 Å². The Hall–Kier alpha value is -2.71. The topological polar surface area (TPSA) is 52.5 Å². The zero-order chi connectivity index (χ0) is 20.6. The van der Waals surface area contributed by atoms with Gasteiger partial charge in [0.25, 0.3) is 0 Å². The summed E-state index contributed by atoms with van der Waals surface area (Å²) in [4.78, 5) is 12.7. The van der Waals surface area contributed by atoms with E-state index in [4.69, 9.17) is 0 Å². The quantitative estimate of drug-likeness (QED) is 0.724. The maximum atomic E-state index is 13.0. The Morgan fingerprint density at radius 1 is 1.00 bits per heavy atom. The summed E-state index contributed by atoms with van der Waals surface area (Å²) in [6, 6.07) is 9.29. The van der Waals surface area contributed by atoms with Crippen molar-refractivity contribution in [1.82, 2.24) is 19.8 Å². The summed E-state index contributed by atoms with van der Waals surface area (Å²) in [7, 11) is 2.03. The average molecular weight is 402 g/mol. The van der Waals surface area contributed by atoms with E-state index < -0.39 is 17.8 Å². The Bertz CT molecular complexity index is 999. The number of piperazine rings is 1. The SMILES string of the molecule is CN1CCN(C(c2ccc(C(F)(F)F)cn2)c2ccc3cccnc3c2O)CC1. The van der Waals surface area contributed by atoms with Gasteiger partial charge >= 0.3 is 6.18 Å². The third kappa shape index (κ3) is 3.90. The molecule has 0 saturated carbocycles. The number of hydrogen-bond donors (Lipinski definition) is 1. The van der Waals surface area contributed by atoms with E-state index in [-0.39, 0.29) is 5.75 Å². The molecule has 0 radical (unpaired) electrons. The van der Waals surface area contributed by atoms with E-state index >= 15 is 0 Å². The van der Waals surface area contributed by atoms with Crippen molar-refractivity contribution in [3.63, 3.8) is 0 Å². The lowest BCUT2D eigenvalue weighted by Gasteiger charge is -2.38. The summed E-state index contributed by atoms with van der Waals surface area (Å²) in [6.07, 6.45) is -1.98. The van der Waals surface area contributed by atoms with Gasteiger partial charge in [-0.3, -0.25) is 14.9 Å². The Labute approximate surface area is 166 Å². The first-order chi connectivity index (χ1) is 13.8. The molecular formula is C21H21F3N4O. The molecule has 8 heteroatoms. The molecule has 1 saturated heterocycles. The zero-order valence-corrected chi connectivity index (χ0v) is 15.9. The summed E-state index contributed by atoms with van der Waals surface area (Å²) in [6.45, 7) is 3.07. The number of aromatic hydroxyl groups is 1. The molecule has 1 aromatic carbocycles. The van der Waals surface area contributed by atoms with Crippen molar-refractivity contribution >= 4 is 10.9 Å². The highest BCUT2D eigenvalue weighted by Crippen LogP contribution is 2.38. The van der Waals surface area contributed by atoms with Gasteiger partial charge in [0.15, 0.2) is 0 Å². The molecule has 1 aliphatic heterocycles. The molecular weight excluding hydrogens is 381 g/mol. The molecule has 0 amide bonds. The first-order valence-electron chi connectivity index (χ1n) is 9.37. The number of likely N-dealkylation sites (N-methyl/N-ethyl adjacent to an activating group) is 1. The zero-order valence-electron chi connectivity index (χ0n) is 15.9. The minimum absolute atomic E-state index is 0.0359. The van der Waals surface area contributed by atoms with Gasteiger partial charge in [-0.25, -0.2) is 0 Å². The number of rotatable bonds is 3. The minimum atomic E-state index is -4.44. The molecule has 29 heavy (non-hydrogen) atoms. The number of phenols is 1. The Morgan fingerprint density at radius 3 is 2.41 bits per heavy atom. The highest BCUT2D eigenvalue weighted by atomic mass is 19.4. The third-order valence-electron chi connectivity index (χ3n) is 5.37. The van der Waals surface area contributed by atoms with Crippen LogP contribution in [0.5, 0.6) is 5.75 Å². The second-order valence-corrected chi connectivity index (χ2v) is 7.29. The first-order valence-corrected chi connectivity index (χ1v) is 9.37. The molecule has 2 aromatic heterocycles. The minimum Gasteiger partial charge on any atom is -0.505 e. The van der Waals surface area contributed by atoms with Crippen LogP contribution >= 0.6 is 0 Å². The lowest BCUT2D eigenvalue weighted by molar-refractivity contribution is -0.137.